The van der Waals surface area contributed by atoms with Gasteiger partial charge in [0.1, 0.15) is 5.75 Å². The van der Waals surface area contributed by atoms with E-state index in [0.29, 0.717) is 0 Å². The van der Waals surface area contributed by atoms with Crippen molar-refractivity contribution in [1.29, 1.82) is 0 Å². The number of ether oxygens (including phenoxy) is 1. The van der Waals surface area contributed by atoms with Crippen molar-refractivity contribution in [3.8, 4) is 5.75 Å². The summed E-state index contributed by atoms with van der Waals surface area (Å²) in [6, 6.07) is 6.31. The van der Waals surface area contributed by atoms with Gasteiger partial charge >= 0.3 is 0 Å². The van der Waals surface area contributed by atoms with Crippen molar-refractivity contribution in [3.63, 3.8) is 0 Å². The van der Waals surface area contributed by atoms with Gasteiger partial charge in [-0.2, -0.15) is 0 Å². The summed E-state index contributed by atoms with van der Waals surface area (Å²) in [6.45, 7) is 2.75. The lowest BCUT2D eigenvalue weighted by atomic mass is 10.0. The van der Waals surface area contributed by atoms with Crippen LogP contribution < -0.4 is 4.74 Å². The summed E-state index contributed by atoms with van der Waals surface area (Å²) < 4.78 is 5.48. The number of hydrogen-bond acceptors (Lipinski definition) is 1. The lowest BCUT2D eigenvalue weighted by molar-refractivity contribution is 0.340. The third-order valence-corrected chi connectivity index (χ3v) is 2.45. The molecule has 1 heteroatoms. The van der Waals surface area contributed by atoms with Gasteiger partial charge in [-0.3, -0.25) is 0 Å². The zero-order valence-electron chi connectivity index (χ0n) is 8.55. The maximum absolute atomic E-state index is 5.48. The standard InChI is InChI=1S/C13H15O/c1-2-14-13-9-8-11-6-4-3-5-7-12(11)10-13/h6,8-10H,2-3,5,7H2,1H3. The molecular formula is C13H15O. The molecule has 0 saturated carbocycles. The number of aryl methyl sites for hydroxylation is 1. The zero-order chi connectivity index (χ0) is 9.80. The van der Waals surface area contributed by atoms with Crippen molar-refractivity contribution in [3.05, 3.63) is 35.4 Å². The molecular weight excluding hydrogens is 172 g/mol. The van der Waals surface area contributed by atoms with Gasteiger partial charge in [0, 0.05) is 0 Å². The molecule has 0 amide bonds. The Morgan fingerprint density at radius 2 is 2.36 bits per heavy atom. The maximum Gasteiger partial charge on any atom is 0.119 e. The molecule has 1 aliphatic rings. The quantitative estimate of drug-likeness (QED) is 0.690. The number of hydrogen-bond donors (Lipinski definition) is 0. The molecule has 0 heterocycles. The second-order valence-electron chi connectivity index (χ2n) is 3.50. The van der Waals surface area contributed by atoms with E-state index in [0.717, 1.165) is 25.2 Å². The molecule has 0 spiro atoms. The van der Waals surface area contributed by atoms with Crippen LogP contribution in [0.1, 0.15) is 30.9 Å². The van der Waals surface area contributed by atoms with Crippen LogP contribution in [-0.4, -0.2) is 6.61 Å². The number of benzene rings is 1. The van der Waals surface area contributed by atoms with Gasteiger partial charge < -0.3 is 4.74 Å². The molecule has 1 aromatic rings. The van der Waals surface area contributed by atoms with E-state index in [9.17, 15) is 0 Å². The van der Waals surface area contributed by atoms with E-state index in [4.69, 9.17) is 4.74 Å². The molecule has 0 N–H and O–H groups in total. The number of allylic oxidation sites excluding steroid dienone is 1. The van der Waals surface area contributed by atoms with Crippen LogP contribution in [0, 0.1) is 6.08 Å². The molecule has 0 bridgehead atoms. The molecule has 14 heavy (non-hydrogen) atoms. The topological polar surface area (TPSA) is 9.23 Å². The first kappa shape index (κ1) is 9.32. The van der Waals surface area contributed by atoms with Gasteiger partial charge in [-0.25, -0.2) is 0 Å². The van der Waals surface area contributed by atoms with E-state index < -0.39 is 0 Å². The monoisotopic (exact) mass is 187 g/mol. The lowest BCUT2D eigenvalue weighted by Crippen LogP contribution is -1.94. The summed E-state index contributed by atoms with van der Waals surface area (Å²) in [5, 5.41) is 0. The number of fused-ring (bicyclic) bond motifs is 1. The van der Waals surface area contributed by atoms with Gasteiger partial charge in [-0.1, -0.05) is 12.1 Å². The predicted octanol–water partition coefficient (Wildman–Crippen LogP) is 3.24. The number of rotatable bonds is 2. The van der Waals surface area contributed by atoms with Crippen LogP contribution in [0.3, 0.4) is 0 Å². The highest BCUT2D eigenvalue weighted by Gasteiger charge is 2.04. The first-order valence-corrected chi connectivity index (χ1v) is 5.22. The van der Waals surface area contributed by atoms with Gasteiger partial charge in [0.15, 0.2) is 0 Å². The van der Waals surface area contributed by atoms with Crippen LogP contribution in [0.4, 0.5) is 0 Å². The van der Waals surface area contributed by atoms with Gasteiger partial charge in [-0.15, -0.1) is 0 Å². The minimum atomic E-state index is 0.737. The van der Waals surface area contributed by atoms with E-state index in [1.807, 2.05) is 13.0 Å². The Morgan fingerprint density at radius 1 is 1.43 bits per heavy atom. The van der Waals surface area contributed by atoms with Crippen molar-refractivity contribution in [1.82, 2.24) is 0 Å². The Kier molecular flexibility index (Phi) is 2.87. The smallest absolute Gasteiger partial charge is 0.119 e. The second-order valence-corrected chi connectivity index (χ2v) is 3.50. The summed E-state index contributed by atoms with van der Waals surface area (Å²) in [7, 11) is 0. The van der Waals surface area contributed by atoms with Crippen LogP contribution in [0.2, 0.25) is 0 Å². The minimum Gasteiger partial charge on any atom is -0.494 e. The van der Waals surface area contributed by atoms with Gasteiger partial charge in [-0.05, 0) is 55.5 Å². The molecule has 0 aromatic heterocycles. The molecule has 2 rings (SSSR count). The molecule has 0 fully saturated rings. The molecule has 0 saturated heterocycles. The Balaban J connectivity index is 2.29. The fourth-order valence-corrected chi connectivity index (χ4v) is 1.76. The third-order valence-electron chi connectivity index (χ3n) is 2.45. The van der Waals surface area contributed by atoms with E-state index in [2.05, 4.69) is 24.3 Å². The van der Waals surface area contributed by atoms with E-state index in [-0.39, 0.29) is 0 Å². The molecule has 1 aliphatic carbocycles. The van der Waals surface area contributed by atoms with E-state index in [1.54, 1.807) is 0 Å². The second kappa shape index (κ2) is 4.32. The van der Waals surface area contributed by atoms with Crippen molar-refractivity contribution in [2.75, 3.05) is 6.61 Å². The summed E-state index contributed by atoms with van der Waals surface area (Å²) in [5.74, 6) is 0.988. The molecule has 73 valence electrons. The SMILES string of the molecule is CCOc1ccc2c(c1)CCC[C]=C2. The van der Waals surface area contributed by atoms with E-state index >= 15 is 0 Å². The van der Waals surface area contributed by atoms with Crippen LogP contribution >= 0.6 is 0 Å². The average molecular weight is 187 g/mol. The van der Waals surface area contributed by atoms with Crippen molar-refractivity contribution in [2.24, 2.45) is 0 Å². The highest BCUT2D eigenvalue weighted by Crippen LogP contribution is 2.23. The zero-order valence-corrected chi connectivity index (χ0v) is 8.55. The first-order chi connectivity index (χ1) is 6.90. The third kappa shape index (κ3) is 1.98. The summed E-state index contributed by atoms with van der Waals surface area (Å²) >= 11 is 0. The molecule has 1 radical (unpaired) electrons. The van der Waals surface area contributed by atoms with Crippen LogP contribution in [0.15, 0.2) is 18.2 Å². The average Bonchev–Trinajstić information content (AvgIpc) is 2.42. The molecule has 1 aromatic carbocycles. The van der Waals surface area contributed by atoms with Crippen LogP contribution in [-0.2, 0) is 6.42 Å². The highest BCUT2D eigenvalue weighted by molar-refractivity contribution is 5.55. The Labute approximate surface area is 85.4 Å². The summed E-state index contributed by atoms with van der Waals surface area (Å²) in [6.07, 6.45) is 8.78. The Hall–Kier alpha value is -1.24. The molecule has 0 atom stereocenters. The van der Waals surface area contributed by atoms with Crippen molar-refractivity contribution >= 4 is 6.08 Å². The van der Waals surface area contributed by atoms with Gasteiger partial charge in [0.05, 0.1) is 6.61 Å². The fraction of sp³-hybridized carbons (Fsp3) is 0.385. The van der Waals surface area contributed by atoms with Gasteiger partial charge in [0.25, 0.3) is 0 Å². The minimum absolute atomic E-state index is 0.737. The van der Waals surface area contributed by atoms with Crippen molar-refractivity contribution < 1.29 is 4.74 Å². The highest BCUT2D eigenvalue weighted by atomic mass is 16.5. The predicted molar refractivity (Wildman–Crippen MR) is 58.3 cm³/mol. The molecule has 0 unspecified atom stereocenters. The first-order valence-electron chi connectivity index (χ1n) is 5.22. The Bertz CT molecular complexity index is 339. The van der Waals surface area contributed by atoms with Crippen molar-refractivity contribution in [2.45, 2.75) is 26.2 Å². The molecule has 1 nitrogen and oxygen atoms in total. The van der Waals surface area contributed by atoms with Crippen LogP contribution in [0.25, 0.3) is 6.08 Å². The normalized spacial score (nSPS) is 14.6. The summed E-state index contributed by atoms with van der Waals surface area (Å²) in [4.78, 5) is 0. The fourth-order valence-electron chi connectivity index (χ4n) is 1.76. The Morgan fingerprint density at radius 3 is 3.21 bits per heavy atom. The van der Waals surface area contributed by atoms with Gasteiger partial charge in [0.2, 0.25) is 0 Å². The van der Waals surface area contributed by atoms with E-state index in [1.165, 1.54) is 17.5 Å². The lowest BCUT2D eigenvalue weighted by Gasteiger charge is -2.07. The largest absolute Gasteiger partial charge is 0.494 e. The summed E-state index contributed by atoms with van der Waals surface area (Å²) in [5.41, 5.74) is 2.69. The van der Waals surface area contributed by atoms with Crippen LogP contribution in [0.5, 0.6) is 5.75 Å². The molecule has 0 aliphatic heterocycles. The maximum atomic E-state index is 5.48.